The lowest BCUT2D eigenvalue weighted by molar-refractivity contribution is -0.142. The molecular formula is C10H13NO2S. The van der Waals surface area contributed by atoms with E-state index in [1.807, 2.05) is 5.38 Å². The Labute approximate surface area is 87.1 Å². The highest BCUT2D eigenvalue weighted by molar-refractivity contribution is 7.10. The number of carbonyl (C=O) groups is 1. The van der Waals surface area contributed by atoms with Crippen LogP contribution in [0.2, 0.25) is 0 Å². The van der Waals surface area contributed by atoms with Crippen molar-refractivity contribution in [3.8, 4) is 0 Å². The van der Waals surface area contributed by atoms with Crippen molar-refractivity contribution in [3.63, 3.8) is 0 Å². The van der Waals surface area contributed by atoms with Crippen LogP contribution in [-0.2, 0) is 16.1 Å². The van der Waals surface area contributed by atoms with Gasteiger partial charge in [0.2, 0.25) is 0 Å². The van der Waals surface area contributed by atoms with Crippen LogP contribution in [0.25, 0.3) is 0 Å². The van der Waals surface area contributed by atoms with Crippen LogP contribution in [0, 0.1) is 0 Å². The molecule has 2 rings (SSSR count). The summed E-state index contributed by atoms with van der Waals surface area (Å²) in [6.45, 7) is 1.74. The summed E-state index contributed by atoms with van der Waals surface area (Å²) in [4.78, 5) is 12.7. The van der Waals surface area contributed by atoms with Gasteiger partial charge in [-0.15, -0.1) is 11.3 Å². The monoisotopic (exact) mass is 211 g/mol. The van der Waals surface area contributed by atoms with E-state index in [1.54, 1.807) is 11.3 Å². The van der Waals surface area contributed by atoms with Crippen LogP contribution in [0.15, 0.2) is 11.4 Å². The number of rotatable bonds is 1. The van der Waals surface area contributed by atoms with Crippen molar-refractivity contribution in [2.75, 3.05) is 13.7 Å². The van der Waals surface area contributed by atoms with Crippen LogP contribution in [-0.4, -0.2) is 19.6 Å². The first-order chi connectivity index (χ1) is 6.83. The van der Waals surface area contributed by atoms with Gasteiger partial charge in [0.25, 0.3) is 0 Å². The highest BCUT2D eigenvalue weighted by Gasteiger charge is 2.26. The molecule has 1 aromatic rings. The highest BCUT2D eigenvalue weighted by Crippen LogP contribution is 2.31. The molecule has 0 bridgehead atoms. The standard InChI is InChI=1S/C10H13NO2S/c1-13-10(12)8-2-4-11-6-7-3-5-14-9(7)8/h3,5,8,11H,2,4,6H2,1H3. The predicted octanol–water partition coefficient (Wildman–Crippen LogP) is 1.50. The molecule has 2 heterocycles. The van der Waals surface area contributed by atoms with Crippen LogP contribution >= 0.6 is 11.3 Å². The first-order valence-corrected chi connectivity index (χ1v) is 5.55. The number of methoxy groups -OCH3 is 1. The molecule has 0 aromatic carbocycles. The predicted molar refractivity (Wildman–Crippen MR) is 55.4 cm³/mol. The maximum absolute atomic E-state index is 11.5. The molecule has 0 fully saturated rings. The smallest absolute Gasteiger partial charge is 0.314 e. The average Bonchev–Trinajstić information content (AvgIpc) is 2.57. The molecule has 1 aromatic heterocycles. The van der Waals surface area contributed by atoms with E-state index in [0.717, 1.165) is 19.5 Å². The van der Waals surface area contributed by atoms with E-state index in [9.17, 15) is 4.79 Å². The van der Waals surface area contributed by atoms with Crippen LogP contribution in [0.3, 0.4) is 0 Å². The van der Waals surface area contributed by atoms with Gasteiger partial charge in [-0.25, -0.2) is 0 Å². The molecule has 0 saturated heterocycles. The number of ether oxygens (including phenoxy) is 1. The summed E-state index contributed by atoms with van der Waals surface area (Å²) in [7, 11) is 1.45. The SMILES string of the molecule is COC(=O)C1CCNCc2ccsc21. The minimum Gasteiger partial charge on any atom is -0.469 e. The van der Waals surface area contributed by atoms with E-state index >= 15 is 0 Å². The van der Waals surface area contributed by atoms with Crippen LogP contribution in [0.4, 0.5) is 0 Å². The van der Waals surface area contributed by atoms with Crippen molar-refractivity contribution in [1.29, 1.82) is 0 Å². The molecule has 0 radical (unpaired) electrons. The van der Waals surface area contributed by atoms with Gasteiger partial charge in [0.05, 0.1) is 13.0 Å². The number of esters is 1. The van der Waals surface area contributed by atoms with Crippen molar-refractivity contribution >= 4 is 17.3 Å². The zero-order chi connectivity index (χ0) is 9.97. The fraction of sp³-hybridized carbons (Fsp3) is 0.500. The number of hydrogen-bond donors (Lipinski definition) is 1. The Morgan fingerprint density at radius 3 is 3.36 bits per heavy atom. The van der Waals surface area contributed by atoms with Crippen molar-refractivity contribution in [2.45, 2.75) is 18.9 Å². The largest absolute Gasteiger partial charge is 0.469 e. The molecule has 1 aliphatic rings. The molecule has 0 spiro atoms. The molecule has 14 heavy (non-hydrogen) atoms. The first-order valence-electron chi connectivity index (χ1n) is 4.67. The third kappa shape index (κ3) is 1.67. The van der Waals surface area contributed by atoms with E-state index < -0.39 is 0 Å². The van der Waals surface area contributed by atoms with Gasteiger partial charge in [-0.05, 0) is 30.0 Å². The Morgan fingerprint density at radius 2 is 2.57 bits per heavy atom. The lowest BCUT2D eigenvalue weighted by Gasteiger charge is -2.10. The third-order valence-corrected chi connectivity index (χ3v) is 3.58. The number of thiophene rings is 1. The molecule has 1 unspecified atom stereocenters. The Balaban J connectivity index is 2.30. The molecule has 1 N–H and O–H groups in total. The summed E-state index contributed by atoms with van der Waals surface area (Å²) in [6.07, 6.45) is 0.834. The normalized spacial score (nSPS) is 21.1. The average molecular weight is 211 g/mol. The van der Waals surface area contributed by atoms with Gasteiger partial charge in [0.15, 0.2) is 0 Å². The van der Waals surface area contributed by atoms with Gasteiger partial charge in [0, 0.05) is 11.4 Å². The maximum atomic E-state index is 11.5. The van der Waals surface area contributed by atoms with Gasteiger partial charge in [-0.3, -0.25) is 4.79 Å². The minimum absolute atomic E-state index is 0.0648. The minimum atomic E-state index is -0.114. The molecule has 4 heteroatoms. The molecule has 0 saturated carbocycles. The lowest BCUT2D eigenvalue weighted by atomic mass is 10.0. The van der Waals surface area contributed by atoms with E-state index in [1.165, 1.54) is 17.6 Å². The maximum Gasteiger partial charge on any atom is 0.314 e. The molecule has 76 valence electrons. The summed E-state index contributed by atoms with van der Waals surface area (Å²) in [5.41, 5.74) is 1.24. The van der Waals surface area contributed by atoms with Crippen LogP contribution in [0.5, 0.6) is 0 Å². The topological polar surface area (TPSA) is 38.3 Å². The fourth-order valence-electron chi connectivity index (χ4n) is 1.77. The van der Waals surface area contributed by atoms with E-state index in [0.29, 0.717) is 0 Å². The van der Waals surface area contributed by atoms with E-state index in [2.05, 4.69) is 11.4 Å². The second-order valence-corrected chi connectivity index (χ2v) is 4.30. The first kappa shape index (κ1) is 9.68. The summed E-state index contributed by atoms with van der Waals surface area (Å²) >= 11 is 1.65. The third-order valence-electron chi connectivity index (χ3n) is 2.51. The van der Waals surface area contributed by atoms with Gasteiger partial charge in [-0.1, -0.05) is 0 Å². The summed E-state index contributed by atoms with van der Waals surface area (Å²) in [5, 5.41) is 5.33. The van der Waals surface area contributed by atoms with Gasteiger partial charge in [-0.2, -0.15) is 0 Å². The Bertz CT molecular complexity index is 335. The van der Waals surface area contributed by atoms with Crippen LogP contribution < -0.4 is 5.32 Å². The lowest BCUT2D eigenvalue weighted by Crippen LogP contribution is -2.16. The molecular weight excluding hydrogens is 198 g/mol. The van der Waals surface area contributed by atoms with E-state index in [4.69, 9.17) is 4.74 Å². The zero-order valence-corrected chi connectivity index (χ0v) is 8.89. The highest BCUT2D eigenvalue weighted by atomic mass is 32.1. The number of carbonyl (C=O) groups excluding carboxylic acids is 1. The molecule has 0 amide bonds. The molecule has 1 atom stereocenters. The molecule has 3 nitrogen and oxygen atoms in total. The summed E-state index contributed by atoms with van der Waals surface area (Å²) in [6, 6.07) is 2.08. The molecule has 0 aliphatic carbocycles. The van der Waals surface area contributed by atoms with Crippen molar-refractivity contribution in [1.82, 2.24) is 5.32 Å². The van der Waals surface area contributed by atoms with Crippen LogP contribution in [0.1, 0.15) is 22.8 Å². The second-order valence-electron chi connectivity index (χ2n) is 3.35. The second kappa shape index (κ2) is 4.11. The van der Waals surface area contributed by atoms with Crippen molar-refractivity contribution in [3.05, 3.63) is 21.9 Å². The van der Waals surface area contributed by atoms with Crippen molar-refractivity contribution < 1.29 is 9.53 Å². The summed E-state index contributed by atoms with van der Waals surface area (Å²) < 4.78 is 4.81. The fourth-order valence-corrected chi connectivity index (χ4v) is 2.82. The number of fused-ring (bicyclic) bond motifs is 1. The van der Waals surface area contributed by atoms with Gasteiger partial charge >= 0.3 is 5.97 Å². The number of hydrogen-bond acceptors (Lipinski definition) is 4. The Hall–Kier alpha value is -0.870. The van der Waals surface area contributed by atoms with Gasteiger partial charge < -0.3 is 10.1 Å². The summed E-state index contributed by atoms with van der Waals surface area (Å²) in [5.74, 6) is -0.178. The van der Waals surface area contributed by atoms with E-state index in [-0.39, 0.29) is 11.9 Å². The Kier molecular flexibility index (Phi) is 2.84. The molecule has 1 aliphatic heterocycles. The number of nitrogens with one attached hydrogen (secondary N) is 1. The Morgan fingerprint density at radius 1 is 1.71 bits per heavy atom. The zero-order valence-electron chi connectivity index (χ0n) is 8.08. The quantitative estimate of drug-likeness (QED) is 0.715. The van der Waals surface area contributed by atoms with Gasteiger partial charge in [0.1, 0.15) is 0 Å². The van der Waals surface area contributed by atoms with Crippen molar-refractivity contribution in [2.24, 2.45) is 0 Å².